The molecular weight excluding hydrogens is 333 g/mol. The molecule has 2 aromatic heterocycles. The van der Waals surface area contributed by atoms with Gasteiger partial charge in [-0.15, -0.1) is 11.3 Å². The second-order valence-corrected chi connectivity index (χ2v) is 5.28. The third kappa shape index (κ3) is 2.93. The maximum Gasteiger partial charge on any atom is 0.433 e. The lowest BCUT2D eigenvalue weighted by Crippen LogP contribution is -2.13. The Balaban J connectivity index is 1.95. The fourth-order valence-corrected chi connectivity index (χ4v) is 2.72. The van der Waals surface area contributed by atoms with Crippen LogP contribution in [0.2, 0.25) is 0 Å². The Labute approximate surface area is 131 Å². The number of rotatable bonds is 3. The quantitative estimate of drug-likeness (QED) is 0.535. The van der Waals surface area contributed by atoms with Crippen molar-refractivity contribution in [1.29, 1.82) is 0 Å². The first-order chi connectivity index (χ1) is 10.9. The zero-order chi connectivity index (χ0) is 16.6. The molecule has 0 unspecified atom stereocenters. The molecule has 0 spiro atoms. The minimum absolute atomic E-state index is 0.0654. The van der Waals surface area contributed by atoms with Gasteiger partial charge in [-0.25, -0.2) is 9.67 Å². The van der Waals surface area contributed by atoms with Crippen molar-refractivity contribution in [3.63, 3.8) is 0 Å². The molecule has 0 atom stereocenters. The van der Waals surface area contributed by atoms with Crippen molar-refractivity contribution in [3.05, 3.63) is 57.7 Å². The first-order valence-electron chi connectivity index (χ1n) is 6.18. The molecule has 0 bridgehead atoms. The van der Waals surface area contributed by atoms with Crippen LogP contribution >= 0.6 is 11.3 Å². The molecule has 118 valence electrons. The first kappa shape index (κ1) is 15.2. The molecule has 0 N–H and O–H groups in total. The van der Waals surface area contributed by atoms with Gasteiger partial charge >= 0.3 is 6.18 Å². The largest absolute Gasteiger partial charge is 0.433 e. The second kappa shape index (κ2) is 5.47. The molecule has 0 aliphatic heterocycles. The maximum atomic E-state index is 12.9. The van der Waals surface area contributed by atoms with Crippen LogP contribution in [0.5, 0.6) is 0 Å². The summed E-state index contributed by atoms with van der Waals surface area (Å²) in [5, 5.41) is 15.9. The number of hydrogen-bond acceptors (Lipinski definition) is 5. The van der Waals surface area contributed by atoms with Gasteiger partial charge in [-0.1, -0.05) is 0 Å². The molecule has 10 heteroatoms. The first-order valence-corrected chi connectivity index (χ1v) is 7.06. The van der Waals surface area contributed by atoms with Crippen LogP contribution in [0.3, 0.4) is 0 Å². The Bertz CT molecular complexity index is 855. The van der Waals surface area contributed by atoms with E-state index in [2.05, 4.69) is 10.1 Å². The molecule has 3 aromatic rings. The van der Waals surface area contributed by atoms with Crippen LogP contribution in [0, 0.1) is 10.1 Å². The van der Waals surface area contributed by atoms with Crippen LogP contribution < -0.4 is 0 Å². The summed E-state index contributed by atoms with van der Waals surface area (Å²) in [4.78, 5) is 14.2. The van der Waals surface area contributed by atoms with Crippen molar-refractivity contribution in [2.75, 3.05) is 0 Å². The Hall–Kier alpha value is -2.75. The van der Waals surface area contributed by atoms with Crippen LogP contribution in [0.4, 0.5) is 18.9 Å². The molecule has 0 aliphatic carbocycles. The van der Waals surface area contributed by atoms with Gasteiger partial charge < -0.3 is 0 Å². The SMILES string of the molecule is O=[N+]([O-])c1ccc(-c2csc(-n3nccc3C(F)(F)F)n2)cc1. The fourth-order valence-electron chi connectivity index (χ4n) is 1.92. The molecule has 0 aliphatic rings. The van der Waals surface area contributed by atoms with Gasteiger partial charge in [-0.2, -0.15) is 18.3 Å². The highest BCUT2D eigenvalue weighted by Gasteiger charge is 2.35. The Kier molecular flexibility index (Phi) is 3.60. The predicted molar refractivity (Wildman–Crippen MR) is 76.3 cm³/mol. The summed E-state index contributed by atoms with van der Waals surface area (Å²) in [5.41, 5.74) is 0.0000683. The molecule has 0 amide bonds. The van der Waals surface area contributed by atoms with E-state index in [-0.39, 0.29) is 10.8 Å². The van der Waals surface area contributed by atoms with Gasteiger partial charge in [0.2, 0.25) is 5.13 Å². The molecule has 0 fully saturated rings. The van der Waals surface area contributed by atoms with Crippen molar-refractivity contribution in [2.45, 2.75) is 6.18 Å². The lowest BCUT2D eigenvalue weighted by atomic mass is 10.1. The maximum absolute atomic E-state index is 12.9. The van der Waals surface area contributed by atoms with Crippen LogP contribution in [-0.2, 0) is 6.18 Å². The van der Waals surface area contributed by atoms with Crippen LogP contribution in [0.1, 0.15) is 5.69 Å². The Morgan fingerprint density at radius 3 is 2.48 bits per heavy atom. The standard InChI is InChI=1S/C13H7F3N4O2S/c14-13(15,16)11-5-6-17-19(11)12-18-10(7-23-12)8-1-3-9(4-2-8)20(21)22/h1-7H. The number of halogens is 3. The van der Waals surface area contributed by atoms with Crippen molar-refractivity contribution in [3.8, 4) is 16.4 Å². The summed E-state index contributed by atoms with van der Waals surface area (Å²) in [6.07, 6.45) is -3.48. The minimum Gasteiger partial charge on any atom is -0.258 e. The zero-order valence-electron chi connectivity index (χ0n) is 11.2. The lowest BCUT2D eigenvalue weighted by Gasteiger charge is -2.07. The number of aromatic nitrogens is 3. The van der Waals surface area contributed by atoms with E-state index in [4.69, 9.17) is 0 Å². The topological polar surface area (TPSA) is 73.8 Å². The number of alkyl halides is 3. The molecule has 0 saturated carbocycles. The number of nitrogens with zero attached hydrogens (tertiary/aromatic N) is 4. The monoisotopic (exact) mass is 340 g/mol. The van der Waals surface area contributed by atoms with Gasteiger partial charge in [-0.3, -0.25) is 10.1 Å². The lowest BCUT2D eigenvalue weighted by molar-refractivity contribution is -0.384. The van der Waals surface area contributed by atoms with Crippen molar-refractivity contribution in [1.82, 2.24) is 14.8 Å². The summed E-state index contributed by atoms with van der Waals surface area (Å²) >= 11 is 0.998. The third-order valence-electron chi connectivity index (χ3n) is 2.98. The van der Waals surface area contributed by atoms with Crippen LogP contribution in [-0.4, -0.2) is 19.7 Å². The van der Waals surface area contributed by atoms with E-state index in [1.54, 1.807) is 5.38 Å². The number of nitro groups is 1. The highest BCUT2D eigenvalue weighted by atomic mass is 32.1. The smallest absolute Gasteiger partial charge is 0.258 e. The van der Waals surface area contributed by atoms with Crippen molar-refractivity contribution >= 4 is 17.0 Å². The van der Waals surface area contributed by atoms with Crippen LogP contribution in [0.25, 0.3) is 16.4 Å². The molecule has 23 heavy (non-hydrogen) atoms. The van der Waals surface area contributed by atoms with E-state index in [1.165, 1.54) is 24.3 Å². The number of thiazole rings is 1. The molecule has 2 heterocycles. The Morgan fingerprint density at radius 2 is 1.87 bits per heavy atom. The highest BCUT2D eigenvalue weighted by molar-refractivity contribution is 7.12. The number of benzene rings is 1. The second-order valence-electron chi connectivity index (χ2n) is 4.45. The van der Waals surface area contributed by atoms with E-state index in [1.807, 2.05) is 0 Å². The molecule has 0 radical (unpaired) electrons. The van der Waals surface area contributed by atoms with E-state index >= 15 is 0 Å². The molecule has 6 nitrogen and oxygen atoms in total. The Morgan fingerprint density at radius 1 is 1.17 bits per heavy atom. The zero-order valence-corrected chi connectivity index (χ0v) is 12.0. The average Bonchev–Trinajstić information content (AvgIpc) is 3.15. The van der Waals surface area contributed by atoms with E-state index in [0.29, 0.717) is 11.3 Å². The summed E-state index contributed by atoms with van der Waals surface area (Å²) in [5.74, 6) is 0. The minimum atomic E-state index is -4.53. The molecule has 0 saturated heterocycles. The van der Waals surface area contributed by atoms with Gasteiger partial charge in [-0.05, 0) is 18.2 Å². The molecular formula is C13H7F3N4O2S. The highest BCUT2D eigenvalue weighted by Crippen LogP contribution is 2.32. The number of hydrogen-bond donors (Lipinski definition) is 0. The molecule has 3 rings (SSSR count). The summed E-state index contributed by atoms with van der Waals surface area (Å²) in [6.45, 7) is 0. The van der Waals surface area contributed by atoms with E-state index in [0.717, 1.165) is 28.3 Å². The number of non-ortho nitro benzene ring substituents is 1. The van der Waals surface area contributed by atoms with E-state index in [9.17, 15) is 23.3 Å². The summed E-state index contributed by atoms with van der Waals surface area (Å²) in [7, 11) is 0. The van der Waals surface area contributed by atoms with E-state index < -0.39 is 16.8 Å². The van der Waals surface area contributed by atoms with Crippen molar-refractivity contribution in [2.24, 2.45) is 0 Å². The molecule has 1 aromatic carbocycles. The number of nitro benzene ring substituents is 1. The summed E-state index contributed by atoms with van der Waals surface area (Å²) in [6, 6.07) is 6.47. The predicted octanol–water partition coefficient (Wildman–Crippen LogP) is 3.92. The van der Waals surface area contributed by atoms with Gasteiger partial charge in [0, 0.05) is 23.1 Å². The van der Waals surface area contributed by atoms with Gasteiger partial charge in [0.1, 0.15) is 0 Å². The van der Waals surface area contributed by atoms with Gasteiger partial charge in [0.05, 0.1) is 16.8 Å². The normalized spacial score (nSPS) is 11.6. The third-order valence-corrected chi connectivity index (χ3v) is 3.80. The average molecular weight is 340 g/mol. The van der Waals surface area contributed by atoms with Gasteiger partial charge in [0.15, 0.2) is 5.69 Å². The summed E-state index contributed by atoms with van der Waals surface area (Å²) < 4.78 is 39.3. The van der Waals surface area contributed by atoms with Crippen molar-refractivity contribution < 1.29 is 18.1 Å². The van der Waals surface area contributed by atoms with Crippen LogP contribution in [0.15, 0.2) is 41.9 Å². The van der Waals surface area contributed by atoms with Gasteiger partial charge in [0.25, 0.3) is 5.69 Å². The fraction of sp³-hybridized carbons (Fsp3) is 0.0769.